The van der Waals surface area contributed by atoms with Gasteiger partial charge in [-0.05, 0) is 61.0 Å². The van der Waals surface area contributed by atoms with Crippen molar-refractivity contribution < 1.29 is 17.1 Å². The summed E-state index contributed by atoms with van der Waals surface area (Å²) >= 11 is 0. The second-order valence-corrected chi connectivity index (χ2v) is 10.5. The molecular weight excluding hydrogens is 407 g/mol. The van der Waals surface area contributed by atoms with Crippen molar-refractivity contribution >= 4 is 23.2 Å². The highest BCUT2D eigenvalue weighted by molar-refractivity contribution is 7.95. The van der Waals surface area contributed by atoms with Crippen LogP contribution in [-0.4, -0.2) is 6.61 Å². The molecule has 4 aromatic rings. The molecule has 0 heterocycles. The van der Waals surface area contributed by atoms with Crippen LogP contribution >= 0.6 is 7.26 Å². The molecule has 3 heteroatoms. The molecule has 0 unspecified atom stereocenters. The first kappa shape index (κ1) is 22.1. The Labute approximate surface area is 186 Å². The van der Waals surface area contributed by atoms with E-state index in [2.05, 4.69) is 115 Å². The van der Waals surface area contributed by atoms with Crippen LogP contribution in [0.15, 0.2) is 115 Å². The van der Waals surface area contributed by atoms with Gasteiger partial charge in [0.2, 0.25) is 0 Å². The molecule has 0 bridgehead atoms. The molecule has 0 fully saturated rings. The van der Waals surface area contributed by atoms with E-state index in [1.807, 2.05) is 6.92 Å². The first-order valence-electron chi connectivity index (χ1n) is 10.1. The van der Waals surface area contributed by atoms with E-state index in [1.165, 1.54) is 21.5 Å². The molecule has 0 amide bonds. The first-order valence-corrected chi connectivity index (χ1v) is 12.1. The van der Waals surface area contributed by atoms with E-state index in [-0.39, 0.29) is 12.4 Å². The third-order valence-corrected chi connectivity index (χ3v) is 9.62. The molecule has 0 spiro atoms. The lowest BCUT2D eigenvalue weighted by Gasteiger charge is -2.28. The minimum atomic E-state index is -1.85. The zero-order valence-electron chi connectivity index (χ0n) is 17.1. The van der Waals surface area contributed by atoms with Crippen molar-refractivity contribution in [2.75, 3.05) is 6.61 Å². The number of hydrogen-bond acceptors (Lipinski definition) is 1. The lowest BCUT2D eigenvalue weighted by molar-refractivity contribution is -0.00000625. The Hall–Kier alpha value is -2.60. The maximum absolute atomic E-state index is 5.65. The van der Waals surface area contributed by atoms with E-state index >= 15 is 0 Å². The largest absolute Gasteiger partial charge is 1.00 e. The summed E-state index contributed by atoms with van der Waals surface area (Å²) in [5, 5.41) is 4.23. The molecule has 0 atom stereocenters. The topological polar surface area (TPSA) is 9.23 Å². The highest BCUT2D eigenvalue weighted by Crippen LogP contribution is 2.58. The Morgan fingerprint density at radius 2 is 0.967 bits per heavy atom. The molecule has 4 aromatic carbocycles. The van der Waals surface area contributed by atoms with Gasteiger partial charge in [0, 0.05) is 0 Å². The van der Waals surface area contributed by atoms with E-state index in [4.69, 9.17) is 4.74 Å². The zero-order valence-corrected chi connectivity index (χ0v) is 18.8. The predicted molar refractivity (Wildman–Crippen MR) is 126 cm³/mol. The molecule has 4 rings (SSSR count). The van der Waals surface area contributed by atoms with Crippen LogP contribution in [0.4, 0.5) is 0 Å². The van der Waals surface area contributed by atoms with Gasteiger partial charge in [0.25, 0.3) is 0 Å². The average molecular weight is 433 g/mol. The Kier molecular flexibility index (Phi) is 7.69. The number of benzene rings is 4. The van der Waals surface area contributed by atoms with Crippen LogP contribution in [0.1, 0.15) is 12.5 Å². The van der Waals surface area contributed by atoms with Crippen molar-refractivity contribution in [3.05, 3.63) is 121 Å². The fourth-order valence-electron chi connectivity index (χ4n) is 3.90. The quantitative estimate of drug-likeness (QED) is 0.408. The summed E-state index contributed by atoms with van der Waals surface area (Å²) < 4.78 is 5.65. The molecule has 0 aromatic heterocycles. The monoisotopic (exact) mass is 432 g/mol. The third kappa shape index (κ3) is 4.59. The highest BCUT2D eigenvalue weighted by Gasteiger charge is 2.45. The van der Waals surface area contributed by atoms with E-state index in [0.717, 1.165) is 11.9 Å². The zero-order chi connectivity index (χ0) is 19.9. The van der Waals surface area contributed by atoms with Gasteiger partial charge in [0.1, 0.15) is 28.9 Å². The Balaban J connectivity index is 0.00000256. The van der Waals surface area contributed by atoms with E-state index in [0.29, 0.717) is 6.61 Å². The number of ether oxygens (including phenoxy) is 1. The molecule has 0 aliphatic carbocycles. The maximum Gasteiger partial charge on any atom is 0.119 e. The van der Waals surface area contributed by atoms with Crippen LogP contribution in [0.3, 0.4) is 0 Å². The van der Waals surface area contributed by atoms with Crippen LogP contribution in [0.5, 0.6) is 5.75 Å². The predicted octanol–water partition coefficient (Wildman–Crippen LogP) is 2.58. The lowest BCUT2D eigenvalue weighted by atomic mass is 10.2. The number of hydrogen-bond donors (Lipinski definition) is 0. The number of rotatable bonds is 7. The first-order chi connectivity index (χ1) is 14.3. The van der Waals surface area contributed by atoms with Gasteiger partial charge in [0.15, 0.2) is 0 Å². The molecule has 0 aliphatic rings. The summed E-state index contributed by atoms with van der Waals surface area (Å²) in [6, 6.07) is 41.7. The SMILES string of the molecule is CCOc1ccc(C[P+](c2ccccc2)(c2ccccc2)c2ccccc2)cc1.[Cl-]. The summed E-state index contributed by atoms with van der Waals surface area (Å²) in [6.45, 7) is 2.71. The maximum atomic E-state index is 5.65. The van der Waals surface area contributed by atoms with Gasteiger partial charge >= 0.3 is 0 Å². The van der Waals surface area contributed by atoms with Crippen LogP contribution in [0, 0.1) is 0 Å². The summed E-state index contributed by atoms with van der Waals surface area (Å²) in [5.74, 6) is 0.930. The fraction of sp³-hybridized carbons (Fsp3) is 0.111. The molecule has 0 saturated heterocycles. The van der Waals surface area contributed by atoms with Gasteiger partial charge in [-0.1, -0.05) is 66.7 Å². The molecule has 0 N–H and O–H groups in total. The number of halogens is 1. The Morgan fingerprint density at radius 1 is 0.567 bits per heavy atom. The van der Waals surface area contributed by atoms with E-state index in [1.54, 1.807) is 0 Å². The van der Waals surface area contributed by atoms with E-state index < -0.39 is 7.26 Å². The van der Waals surface area contributed by atoms with E-state index in [9.17, 15) is 0 Å². The lowest BCUT2D eigenvalue weighted by Crippen LogP contribution is -3.00. The van der Waals surface area contributed by atoms with Crippen molar-refractivity contribution in [3.63, 3.8) is 0 Å². The van der Waals surface area contributed by atoms with Gasteiger partial charge < -0.3 is 17.1 Å². The smallest absolute Gasteiger partial charge is 0.119 e. The third-order valence-electron chi connectivity index (χ3n) is 5.25. The standard InChI is InChI=1S/C27H26OP.ClH/c1-2-28-24-20-18-23(19-21-24)22-29(25-12-6-3-7-13-25,26-14-8-4-9-15-26)27-16-10-5-11-17-27;/h3-21H,2,22H2,1H3;1H/q+1;/p-1. The normalized spacial score (nSPS) is 10.8. The van der Waals surface area contributed by atoms with Gasteiger partial charge in [-0.25, -0.2) is 0 Å². The van der Waals surface area contributed by atoms with Crippen LogP contribution in [-0.2, 0) is 6.16 Å². The highest BCUT2D eigenvalue weighted by atomic mass is 35.5. The molecule has 1 nitrogen and oxygen atoms in total. The van der Waals surface area contributed by atoms with Crippen molar-refractivity contribution in [1.82, 2.24) is 0 Å². The molecule has 30 heavy (non-hydrogen) atoms. The van der Waals surface area contributed by atoms with Crippen LogP contribution < -0.4 is 33.1 Å². The second-order valence-electron chi connectivity index (χ2n) is 7.05. The molecule has 0 radical (unpaired) electrons. The van der Waals surface area contributed by atoms with Crippen molar-refractivity contribution in [2.24, 2.45) is 0 Å². The molecular formula is C27H26ClOP. The van der Waals surface area contributed by atoms with Crippen LogP contribution in [0.2, 0.25) is 0 Å². The Bertz CT molecular complexity index is 922. The average Bonchev–Trinajstić information content (AvgIpc) is 2.80. The Morgan fingerprint density at radius 3 is 1.33 bits per heavy atom. The van der Waals surface area contributed by atoms with Gasteiger partial charge in [0.05, 0.1) is 12.8 Å². The van der Waals surface area contributed by atoms with Crippen LogP contribution in [0.25, 0.3) is 0 Å². The van der Waals surface area contributed by atoms with Crippen molar-refractivity contribution in [3.8, 4) is 5.75 Å². The van der Waals surface area contributed by atoms with Crippen molar-refractivity contribution in [1.29, 1.82) is 0 Å². The van der Waals surface area contributed by atoms with Crippen molar-refractivity contribution in [2.45, 2.75) is 13.1 Å². The minimum Gasteiger partial charge on any atom is -1.00 e. The summed E-state index contributed by atoms with van der Waals surface area (Å²) in [7, 11) is -1.85. The molecule has 152 valence electrons. The second kappa shape index (κ2) is 10.4. The fourth-order valence-corrected chi connectivity index (χ4v) is 8.14. The van der Waals surface area contributed by atoms with Gasteiger partial charge in [-0.2, -0.15) is 0 Å². The van der Waals surface area contributed by atoms with Gasteiger partial charge in [-0.15, -0.1) is 0 Å². The summed E-state index contributed by atoms with van der Waals surface area (Å²) in [6.07, 6.45) is 0.984. The molecule has 0 aliphatic heterocycles. The van der Waals surface area contributed by atoms with Gasteiger partial charge in [-0.3, -0.25) is 0 Å². The summed E-state index contributed by atoms with van der Waals surface area (Å²) in [4.78, 5) is 0. The molecule has 0 saturated carbocycles. The minimum absolute atomic E-state index is 0. The summed E-state index contributed by atoms with van der Waals surface area (Å²) in [5.41, 5.74) is 1.33.